The van der Waals surface area contributed by atoms with Crippen molar-refractivity contribution in [1.29, 1.82) is 0 Å². The van der Waals surface area contributed by atoms with E-state index in [1.807, 2.05) is 11.9 Å². The number of likely N-dealkylation sites (N-methyl/N-ethyl adjacent to an activating group) is 1. The summed E-state index contributed by atoms with van der Waals surface area (Å²) in [5.41, 5.74) is 1.49. The van der Waals surface area contributed by atoms with Crippen LogP contribution in [0.4, 0.5) is 0 Å². The zero-order valence-corrected chi connectivity index (χ0v) is 16.7. The zero-order valence-electron chi connectivity index (χ0n) is 16.7. The summed E-state index contributed by atoms with van der Waals surface area (Å²) in [7, 11) is 1.91. The monoisotopic (exact) mass is 362 g/mol. The van der Waals surface area contributed by atoms with Crippen LogP contribution in [-0.2, 0) is 10.2 Å². The van der Waals surface area contributed by atoms with Gasteiger partial charge in [0.25, 0.3) is 0 Å². The van der Waals surface area contributed by atoms with Gasteiger partial charge in [0.2, 0.25) is 0 Å². The molecule has 1 aromatic carbocycles. The Hall–Kier alpha value is -1.59. The number of carboxylic acid groups (broad SMARTS) is 1. The SMILES string of the molecule is CN(CC(=O)O)C1CCN(CCCOc2ccc(C(C)(C)C)cc2)CC1. The van der Waals surface area contributed by atoms with Gasteiger partial charge in [-0.3, -0.25) is 9.69 Å². The van der Waals surface area contributed by atoms with Crippen molar-refractivity contribution >= 4 is 5.97 Å². The molecule has 0 unspecified atom stereocenters. The lowest BCUT2D eigenvalue weighted by molar-refractivity contribution is -0.138. The fourth-order valence-corrected chi connectivity index (χ4v) is 3.46. The Morgan fingerprint density at radius 2 is 1.85 bits per heavy atom. The van der Waals surface area contributed by atoms with Crippen LogP contribution >= 0.6 is 0 Å². The Labute approximate surface area is 157 Å². The first kappa shape index (κ1) is 20.7. The Morgan fingerprint density at radius 3 is 2.38 bits per heavy atom. The molecule has 1 aliphatic rings. The van der Waals surface area contributed by atoms with E-state index in [2.05, 4.69) is 49.9 Å². The Morgan fingerprint density at radius 1 is 1.23 bits per heavy atom. The van der Waals surface area contributed by atoms with Crippen LogP contribution in [0.25, 0.3) is 0 Å². The van der Waals surface area contributed by atoms with E-state index in [0.717, 1.165) is 51.3 Å². The quantitative estimate of drug-likeness (QED) is 0.720. The summed E-state index contributed by atoms with van der Waals surface area (Å²) in [6.07, 6.45) is 3.09. The molecule has 0 radical (unpaired) electrons. The standard InChI is InChI=1S/C21H34N2O3/c1-21(2,3)17-6-8-19(9-7-17)26-15-5-12-23-13-10-18(11-14-23)22(4)16-20(24)25/h6-9,18H,5,10-16H2,1-4H3,(H,24,25). The lowest BCUT2D eigenvalue weighted by atomic mass is 9.87. The molecule has 1 saturated heterocycles. The highest BCUT2D eigenvalue weighted by atomic mass is 16.5. The molecule has 1 aliphatic heterocycles. The van der Waals surface area contributed by atoms with Crippen molar-refractivity contribution in [3.8, 4) is 5.75 Å². The molecular weight excluding hydrogens is 328 g/mol. The highest BCUT2D eigenvalue weighted by molar-refractivity contribution is 5.69. The first-order chi connectivity index (χ1) is 12.3. The van der Waals surface area contributed by atoms with E-state index in [1.54, 1.807) is 0 Å². The van der Waals surface area contributed by atoms with Gasteiger partial charge in [0, 0.05) is 12.6 Å². The number of carbonyl (C=O) groups is 1. The van der Waals surface area contributed by atoms with Crippen molar-refractivity contribution in [3.63, 3.8) is 0 Å². The van der Waals surface area contributed by atoms with E-state index < -0.39 is 5.97 Å². The Balaban J connectivity index is 1.63. The third-order valence-corrected chi connectivity index (χ3v) is 5.17. The van der Waals surface area contributed by atoms with Crippen molar-refractivity contribution in [2.45, 2.75) is 51.5 Å². The maximum Gasteiger partial charge on any atom is 0.317 e. The molecule has 0 spiro atoms. The maximum atomic E-state index is 10.8. The number of rotatable bonds is 8. The van der Waals surface area contributed by atoms with Gasteiger partial charge in [-0.1, -0.05) is 32.9 Å². The third kappa shape index (κ3) is 6.61. The van der Waals surface area contributed by atoms with Gasteiger partial charge in [-0.05, 0) is 62.5 Å². The molecule has 0 aromatic heterocycles. The fraction of sp³-hybridized carbons (Fsp3) is 0.667. The molecule has 2 rings (SSSR count). The Bertz CT molecular complexity index is 558. The van der Waals surface area contributed by atoms with E-state index in [0.29, 0.717) is 6.04 Å². The second-order valence-corrected chi connectivity index (χ2v) is 8.36. The minimum absolute atomic E-state index is 0.131. The van der Waals surface area contributed by atoms with Gasteiger partial charge in [0.1, 0.15) is 5.75 Å². The van der Waals surface area contributed by atoms with E-state index in [4.69, 9.17) is 9.84 Å². The highest BCUT2D eigenvalue weighted by Crippen LogP contribution is 2.24. The molecule has 5 heteroatoms. The molecule has 5 nitrogen and oxygen atoms in total. The van der Waals surface area contributed by atoms with Crippen LogP contribution in [0.2, 0.25) is 0 Å². The number of hydrogen-bond acceptors (Lipinski definition) is 4. The first-order valence-electron chi connectivity index (χ1n) is 9.63. The average Bonchev–Trinajstić information content (AvgIpc) is 2.58. The van der Waals surface area contributed by atoms with Crippen LogP contribution in [0.5, 0.6) is 5.75 Å². The molecule has 146 valence electrons. The van der Waals surface area contributed by atoms with Crippen LogP contribution in [0.3, 0.4) is 0 Å². The topological polar surface area (TPSA) is 53.0 Å². The van der Waals surface area contributed by atoms with Gasteiger partial charge in [0.15, 0.2) is 0 Å². The second-order valence-electron chi connectivity index (χ2n) is 8.36. The molecular formula is C21H34N2O3. The molecule has 1 aromatic rings. The molecule has 1 heterocycles. The predicted octanol–water partition coefficient (Wildman–Crippen LogP) is 3.23. The van der Waals surface area contributed by atoms with Crippen molar-refractivity contribution < 1.29 is 14.6 Å². The molecule has 1 N–H and O–H groups in total. The summed E-state index contributed by atoms with van der Waals surface area (Å²) in [5, 5.41) is 8.89. The molecule has 1 fully saturated rings. The predicted molar refractivity (Wildman–Crippen MR) is 105 cm³/mol. The number of carboxylic acids is 1. The van der Waals surface area contributed by atoms with Gasteiger partial charge >= 0.3 is 5.97 Å². The summed E-state index contributed by atoms with van der Waals surface area (Å²) >= 11 is 0. The van der Waals surface area contributed by atoms with Crippen molar-refractivity contribution in [2.75, 3.05) is 39.8 Å². The van der Waals surface area contributed by atoms with E-state index >= 15 is 0 Å². The lowest BCUT2D eigenvalue weighted by Gasteiger charge is -2.36. The number of aliphatic carboxylic acids is 1. The summed E-state index contributed by atoms with van der Waals surface area (Å²) in [6, 6.07) is 8.80. The van der Waals surface area contributed by atoms with Crippen LogP contribution in [0, 0.1) is 0 Å². The summed E-state index contributed by atoms with van der Waals surface area (Å²) in [5.74, 6) is 0.189. The average molecular weight is 363 g/mol. The van der Waals surface area contributed by atoms with E-state index in [9.17, 15) is 4.79 Å². The largest absolute Gasteiger partial charge is 0.494 e. The van der Waals surface area contributed by atoms with Gasteiger partial charge < -0.3 is 14.7 Å². The fourth-order valence-electron chi connectivity index (χ4n) is 3.46. The summed E-state index contributed by atoms with van der Waals surface area (Å²) in [6.45, 7) is 10.6. The van der Waals surface area contributed by atoms with Gasteiger partial charge in [0.05, 0.1) is 13.2 Å². The molecule has 26 heavy (non-hydrogen) atoms. The van der Waals surface area contributed by atoms with Crippen molar-refractivity contribution in [2.24, 2.45) is 0 Å². The number of nitrogens with zero attached hydrogens (tertiary/aromatic N) is 2. The summed E-state index contributed by atoms with van der Waals surface area (Å²) < 4.78 is 5.87. The smallest absolute Gasteiger partial charge is 0.317 e. The van der Waals surface area contributed by atoms with Crippen LogP contribution < -0.4 is 4.74 Å². The lowest BCUT2D eigenvalue weighted by Crippen LogP contribution is -2.45. The molecule has 0 aliphatic carbocycles. The summed E-state index contributed by atoms with van der Waals surface area (Å²) in [4.78, 5) is 15.2. The van der Waals surface area contributed by atoms with Gasteiger partial charge in [-0.15, -0.1) is 0 Å². The van der Waals surface area contributed by atoms with Crippen molar-refractivity contribution in [1.82, 2.24) is 9.80 Å². The van der Waals surface area contributed by atoms with Crippen LogP contribution in [-0.4, -0.2) is 66.8 Å². The number of benzene rings is 1. The minimum Gasteiger partial charge on any atom is -0.494 e. The molecule has 0 saturated carbocycles. The third-order valence-electron chi connectivity index (χ3n) is 5.17. The van der Waals surface area contributed by atoms with Crippen LogP contribution in [0.15, 0.2) is 24.3 Å². The molecule has 0 bridgehead atoms. The number of piperidine rings is 1. The number of hydrogen-bond donors (Lipinski definition) is 1. The van der Waals surface area contributed by atoms with Gasteiger partial charge in [-0.2, -0.15) is 0 Å². The first-order valence-corrected chi connectivity index (χ1v) is 9.63. The van der Waals surface area contributed by atoms with Crippen LogP contribution in [0.1, 0.15) is 45.6 Å². The number of likely N-dealkylation sites (tertiary alicyclic amines) is 1. The number of ether oxygens (including phenoxy) is 1. The molecule has 0 amide bonds. The molecule has 0 atom stereocenters. The van der Waals surface area contributed by atoms with E-state index in [-0.39, 0.29) is 12.0 Å². The zero-order chi connectivity index (χ0) is 19.2. The normalized spacial score (nSPS) is 16.8. The van der Waals surface area contributed by atoms with Crippen molar-refractivity contribution in [3.05, 3.63) is 29.8 Å². The second kappa shape index (κ2) is 9.38. The van der Waals surface area contributed by atoms with E-state index in [1.165, 1.54) is 5.56 Å². The minimum atomic E-state index is -0.748. The Kier molecular flexibility index (Phi) is 7.47. The highest BCUT2D eigenvalue weighted by Gasteiger charge is 2.23. The van der Waals surface area contributed by atoms with Gasteiger partial charge in [-0.25, -0.2) is 0 Å². The maximum absolute atomic E-state index is 10.8.